The third-order valence-electron chi connectivity index (χ3n) is 5.23. The molecule has 0 aromatic rings. The molecule has 1 aliphatic rings. The summed E-state index contributed by atoms with van der Waals surface area (Å²) in [6, 6.07) is 0. The number of alkyl carbamates (subject to hydrolysis) is 1. The fourth-order valence-corrected chi connectivity index (χ4v) is 3.71. The minimum absolute atomic E-state index is 0.0331. The van der Waals surface area contributed by atoms with Crippen molar-refractivity contribution in [1.29, 1.82) is 0 Å². The Morgan fingerprint density at radius 1 is 1.11 bits per heavy atom. The minimum Gasteiger partial charge on any atom is -0.465 e. The zero-order valence-electron chi connectivity index (χ0n) is 18.2. The van der Waals surface area contributed by atoms with Crippen LogP contribution >= 0.6 is 0 Å². The summed E-state index contributed by atoms with van der Waals surface area (Å²) in [5.41, 5.74) is -1.13. The number of amides is 1. The molecule has 1 saturated carbocycles. The van der Waals surface area contributed by atoms with Crippen LogP contribution in [-0.2, 0) is 19.1 Å². The summed E-state index contributed by atoms with van der Waals surface area (Å²) in [7, 11) is 0. The second kappa shape index (κ2) is 12.1. The fourth-order valence-electron chi connectivity index (χ4n) is 3.71. The Morgan fingerprint density at radius 2 is 1.71 bits per heavy atom. The lowest BCUT2D eigenvalue weighted by Gasteiger charge is -2.35. The molecule has 0 spiro atoms. The van der Waals surface area contributed by atoms with Crippen LogP contribution in [0.5, 0.6) is 0 Å². The SMILES string of the molecule is CCCCOC(=O)C1CCCCC(CC=O)(NC(=O)OC(C)(C)C)CCCC1. The van der Waals surface area contributed by atoms with Crippen LogP contribution in [0.4, 0.5) is 4.79 Å². The Bertz CT molecular complexity index is 486. The Labute approximate surface area is 170 Å². The number of rotatable bonds is 7. The van der Waals surface area contributed by atoms with E-state index in [0.717, 1.165) is 57.7 Å². The van der Waals surface area contributed by atoms with Gasteiger partial charge in [0.1, 0.15) is 11.9 Å². The molecule has 1 amide bonds. The van der Waals surface area contributed by atoms with E-state index in [1.165, 1.54) is 0 Å². The van der Waals surface area contributed by atoms with Crippen molar-refractivity contribution in [3.63, 3.8) is 0 Å². The van der Waals surface area contributed by atoms with Crippen molar-refractivity contribution in [2.45, 2.75) is 109 Å². The molecule has 162 valence electrons. The van der Waals surface area contributed by atoms with E-state index in [4.69, 9.17) is 9.47 Å². The molecular weight excluding hydrogens is 358 g/mol. The summed E-state index contributed by atoms with van der Waals surface area (Å²) in [6.07, 6.45) is 9.10. The van der Waals surface area contributed by atoms with E-state index in [-0.39, 0.29) is 18.3 Å². The lowest BCUT2D eigenvalue weighted by molar-refractivity contribution is -0.149. The van der Waals surface area contributed by atoms with Gasteiger partial charge in [0.05, 0.1) is 12.5 Å². The van der Waals surface area contributed by atoms with Crippen molar-refractivity contribution >= 4 is 18.3 Å². The zero-order chi connectivity index (χ0) is 21.0. The molecule has 28 heavy (non-hydrogen) atoms. The van der Waals surface area contributed by atoms with Crippen molar-refractivity contribution < 1.29 is 23.9 Å². The van der Waals surface area contributed by atoms with Crippen molar-refractivity contribution in [1.82, 2.24) is 5.32 Å². The van der Waals surface area contributed by atoms with Gasteiger partial charge in [-0.15, -0.1) is 0 Å². The second-order valence-electron chi connectivity index (χ2n) is 8.99. The summed E-state index contributed by atoms with van der Waals surface area (Å²) in [5.74, 6) is -0.102. The maximum absolute atomic E-state index is 12.3. The largest absolute Gasteiger partial charge is 0.465 e. The summed E-state index contributed by atoms with van der Waals surface area (Å²) < 4.78 is 10.8. The predicted octanol–water partition coefficient (Wildman–Crippen LogP) is 4.93. The van der Waals surface area contributed by atoms with E-state index in [0.29, 0.717) is 19.4 Å². The van der Waals surface area contributed by atoms with E-state index >= 15 is 0 Å². The Balaban J connectivity index is 2.66. The standard InChI is InChI=1S/C22H39NO5/c1-5-6-17-27-19(25)18-11-7-9-13-22(15-16-24,14-10-8-12-18)23-20(26)28-21(2,3)4/h16,18H,5-15,17H2,1-4H3,(H,23,26). The van der Waals surface area contributed by atoms with Crippen LogP contribution in [0.25, 0.3) is 0 Å². The van der Waals surface area contributed by atoms with Crippen LogP contribution in [0.3, 0.4) is 0 Å². The average Bonchev–Trinajstić information content (AvgIpc) is 2.59. The average molecular weight is 398 g/mol. The summed E-state index contributed by atoms with van der Waals surface area (Å²) in [5, 5.41) is 2.99. The number of carbonyl (C=O) groups is 3. The van der Waals surface area contributed by atoms with Crippen LogP contribution in [0, 0.1) is 5.92 Å². The molecule has 6 nitrogen and oxygen atoms in total. The Kier molecular flexibility index (Phi) is 10.5. The molecule has 0 saturated heterocycles. The van der Waals surface area contributed by atoms with Gasteiger partial charge in [-0.3, -0.25) is 4.79 Å². The number of hydrogen-bond acceptors (Lipinski definition) is 5. The topological polar surface area (TPSA) is 81.7 Å². The maximum Gasteiger partial charge on any atom is 0.408 e. The lowest BCUT2D eigenvalue weighted by atomic mass is 9.81. The Morgan fingerprint density at radius 3 is 2.21 bits per heavy atom. The van der Waals surface area contributed by atoms with Crippen LogP contribution in [0.1, 0.15) is 98.3 Å². The highest BCUT2D eigenvalue weighted by Gasteiger charge is 2.33. The van der Waals surface area contributed by atoms with Gasteiger partial charge in [0, 0.05) is 12.0 Å². The molecule has 6 heteroatoms. The van der Waals surface area contributed by atoms with Gasteiger partial charge in [0.15, 0.2) is 0 Å². The van der Waals surface area contributed by atoms with Gasteiger partial charge < -0.3 is 19.6 Å². The van der Waals surface area contributed by atoms with Crippen molar-refractivity contribution in [3.8, 4) is 0 Å². The third-order valence-corrected chi connectivity index (χ3v) is 5.23. The minimum atomic E-state index is -0.576. The lowest BCUT2D eigenvalue weighted by Crippen LogP contribution is -2.50. The first-order valence-electron chi connectivity index (χ1n) is 10.8. The van der Waals surface area contributed by atoms with E-state index in [9.17, 15) is 14.4 Å². The normalized spacial score (nSPS) is 24.1. The molecule has 1 fully saturated rings. The smallest absolute Gasteiger partial charge is 0.408 e. The number of nitrogens with one attached hydrogen (secondary N) is 1. The third kappa shape index (κ3) is 9.56. The highest BCUT2D eigenvalue weighted by atomic mass is 16.6. The van der Waals surface area contributed by atoms with Gasteiger partial charge in [0.25, 0.3) is 0 Å². The number of hydrogen-bond donors (Lipinski definition) is 1. The van der Waals surface area contributed by atoms with E-state index in [1.54, 1.807) is 0 Å². The van der Waals surface area contributed by atoms with Crippen molar-refractivity contribution in [3.05, 3.63) is 0 Å². The van der Waals surface area contributed by atoms with Crippen molar-refractivity contribution in [2.75, 3.05) is 6.61 Å². The van der Waals surface area contributed by atoms with Gasteiger partial charge in [-0.05, 0) is 52.9 Å². The molecule has 0 aliphatic heterocycles. The van der Waals surface area contributed by atoms with Crippen LogP contribution < -0.4 is 5.32 Å². The zero-order valence-corrected chi connectivity index (χ0v) is 18.2. The molecule has 0 unspecified atom stereocenters. The van der Waals surface area contributed by atoms with Gasteiger partial charge >= 0.3 is 12.1 Å². The van der Waals surface area contributed by atoms with Gasteiger partial charge in [0.2, 0.25) is 0 Å². The van der Waals surface area contributed by atoms with Crippen LogP contribution in [-0.4, -0.2) is 36.1 Å². The van der Waals surface area contributed by atoms with Gasteiger partial charge in [-0.2, -0.15) is 0 Å². The Hall–Kier alpha value is -1.59. The summed E-state index contributed by atoms with van der Waals surface area (Å²) in [6.45, 7) is 8.06. The highest BCUT2D eigenvalue weighted by Crippen LogP contribution is 2.30. The fraction of sp³-hybridized carbons (Fsp3) is 0.864. The first kappa shape index (κ1) is 24.4. The van der Waals surface area contributed by atoms with Crippen molar-refractivity contribution in [2.24, 2.45) is 5.92 Å². The monoisotopic (exact) mass is 397 g/mol. The molecule has 0 aromatic heterocycles. The molecule has 0 aromatic carbocycles. The quantitative estimate of drug-likeness (QED) is 0.374. The molecule has 0 atom stereocenters. The van der Waals surface area contributed by atoms with Crippen LogP contribution in [0.2, 0.25) is 0 Å². The predicted molar refractivity (Wildman–Crippen MR) is 109 cm³/mol. The molecular formula is C22H39NO5. The number of carbonyl (C=O) groups excluding carboxylic acids is 3. The molecule has 1 aliphatic carbocycles. The van der Waals surface area contributed by atoms with Gasteiger partial charge in [-0.1, -0.05) is 39.0 Å². The van der Waals surface area contributed by atoms with Crippen LogP contribution in [0.15, 0.2) is 0 Å². The molecule has 1 N–H and O–H groups in total. The highest BCUT2D eigenvalue weighted by molar-refractivity contribution is 5.72. The van der Waals surface area contributed by atoms with E-state index in [1.807, 2.05) is 20.8 Å². The first-order chi connectivity index (χ1) is 13.2. The number of aldehydes is 1. The number of ether oxygens (including phenoxy) is 2. The molecule has 0 bridgehead atoms. The summed E-state index contributed by atoms with van der Waals surface area (Å²) >= 11 is 0. The molecule has 0 heterocycles. The van der Waals surface area contributed by atoms with Gasteiger partial charge in [-0.25, -0.2) is 4.79 Å². The molecule has 0 radical (unpaired) electrons. The molecule has 1 rings (SSSR count). The number of unbranched alkanes of at least 4 members (excludes halogenated alkanes) is 1. The summed E-state index contributed by atoms with van der Waals surface area (Å²) in [4.78, 5) is 35.9. The first-order valence-corrected chi connectivity index (χ1v) is 10.8. The van der Waals surface area contributed by atoms with E-state index < -0.39 is 17.2 Å². The maximum atomic E-state index is 12.3. The second-order valence-corrected chi connectivity index (χ2v) is 8.99. The number of esters is 1. The van der Waals surface area contributed by atoms with E-state index in [2.05, 4.69) is 12.2 Å².